The van der Waals surface area contributed by atoms with E-state index in [1.54, 1.807) is 12.3 Å². The minimum atomic E-state index is -1.00. The summed E-state index contributed by atoms with van der Waals surface area (Å²) in [7, 11) is -0.834. The summed E-state index contributed by atoms with van der Waals surface area (Å²) in [5.41, 5.74) is 0.851. The molecule has 100 valence electrons. The van der Waals surface area contributed by atoms with Crippen molar-refractivity contribution in [3.63, 3.8) is 0 Å². The molecule has 0 saturated heterocycles. The zero-order valence-electron chi connectivity index (χ0n) is 10.3. The Morgan fingerprint density at radius 1 is 1.56 bits per heavy atom. The van der Waals surface area contributed by atoms with E-state index in [4.69, 9.17) is 16.7 Å². The Hall–Kier alpha value is -1.07. The van der Waals surface area contributed by atoms with Crippen molar-refractivity contribution in [3.05, 3.63) is 28.8 Å². The standard InChI is InChI=1S/C12H16ClNO3S/c1-8(18(2)17)5-6-14-11-4-3-9(12(15)16)7-10(11)13/h3-4,7-8,14H,5-6H2,1-2H3,(H,15,16). The number of hydrogen-bond donors (Lipinski definition) is 2. The van der Waals surface area contributed by atoms with Crippen molar-refractivity contribution >= 4 is 34.1 Å². The Balaban J connectivity index is 2.58. The third-order valence-electron chi connectivity index (χ3n) is 2.65. The summed E-state index contributed by atoms with van der Waals surface area (Å²) in [5.74, 6) is -1.00. The van der Waals surface area contributed by atoms with E-state index >= 15 is 0 Å². The summed E-state index contributed by atoms with van der Waals surface area (Å²) in [6.45, 7) is 2.57. The van der Waals surface area contributed by atoms with E-state index < -0.39 is 16.8 Å². The molecule has 0 spiro atoms. The first-order valence-corrected chi connectivity index (χ1v) is 7.50. The number of carboxylic acid groups (broad SMARTS) is 1. The van der Waals surface area contributed by atoms with Crippen molar-refractivity contribution in [2.75, 3.05) is 18.1 Å². The molecule has 0 aliphatic heterocycles. The molecule has 1 aromatic carbocycles. The third-order valence-corrected chi connectivity index (χ3v) is 4.33. The molecule has 0 amide bonds. The molecule has 2 N–H and O–H groups in total. The molecule has 18 heavy (non-hydrogen) atoms. The van der Waals surface area contributed by atoms with Gasteiger partial charge >= 0.3 is 5.97 Å². The van der Waals surface area contributed by atoms with Crippen LogP contribution in [0.15, 0.2) is 18.2 Å². The second-order valence-electron chi connectivity index (χ2n) is 4.02. The highest BCUT2D eigenvalue weighted by atomic mass is 35.5. The molecule has 1 rings (SSSR count). The second kappa shape index (κ2) is 6.75. The van der Waals surface area contributed by atoms with Crippen LogP contribution in [0, 0.1) is 0 Å². The Morgan fingerprint density at radius 3 is 2.72 bits per heavy atom. The lowest BCUT2D eigenvalue weighted by Crippen LogP contribution is -2.15. The topological polar surface area (TPSA) is 66.4 Å². The first-order valence-electron chi connectivity index (χ1n) is 5.50. The van der Waals surface area contributed by atoms with Gasteiger partial charge in [0.1, 0.15) is 0 Å². The summed E-state index contributed by atoms with van der Waals surface area (Å²) < 4.78 is 11.2. The van der Waals surface area contributed by atoms with Crippen LogP contribution in [0.3, 0.4) is 0 Å². The molecule has 1 aromatic rings. The van der Waals surface area contributed by atoms with Crippen molar-refractivity contribution in [1.82, 2.24) is 0 Å². The SMILES string of the molecule is CC(CCNc1ccc(C(=O)O)cc1Cl)S(C)=O. The van der Waals surface area contributed by atoms with E-state index in [1.807, 2.05) is 6.92 Å². The molecule has 0 aliphatic carbocycles. The molecule has 0 aliphatic rings. The van der Waals surface area contributed by atoms with Crippen LogP contribution >= 0.6 is 11.6 Å². The number of aromatic carboxylic acids is 1. The lowest BCUT2D eigenvalue weighted by molar-refractivity contribution is 0.0697. The van der Waals surface area contributed by atoms with Gasteiger partial charge < -0.3 is 10.4 Å². The number of benzene rings is 1. The molecule has 6 heteroatoms. The number of halogens is 1. The summed E-state index contributed by atoms with van der Waals surface area (Å²) in [6, 6.07) is 4.55. The van der Waals surface area contributed by atoms with Crippen LogP contribution in [0.25, 0.3) is 0 Å². The predicted octanol–water partition coefficient (Wildman–Crippen LogP) is 2.61. The van der Waals surface area contributed by atoms with Gasteiger partial charge in [-0.1, -0.05) is 18.5 Å². The van der Waals surface area contributed by atoms with Crippen LogP contribution in [0.1, 0.15) is 23.7 Å². The van der Waals surface area contributed by atoms with Crippen LogP contribution in [-0.4, -0.2) is 33.3 Å². The monoisotopic (exact) mass is 289 g/mol. The predicted molar refractivity (Wildman–Crippen MR) is 75.0 cm³/mol. The number of hydrogen-bond acceptors (Lipinski definition) is 3. The van der Waals surface area contributed by atoms with Gasteiger partial charge in [-0.2, -0.15) is 0 Å². The van der Waals surface area contributed by atoms with Crippen LogP contribution < -0.4 is 5.32 Å². The van der Waals surface area contributed by atoms with Gasteiger partial charge in [-0.15, -0.1) is 0 Å². The Morgan fingerprint density at radius 2 is 2.22 bits per heavy atom. The molecule has 0 fully saturated rings. The third kappa shape index (κ3) is 4.31. The molecule has 0 heterocycles. The molecule has 0 bridgehead atoms. The lowest BCUT2D eigenvalue weighted by Gasteiger charge is -2.11. The maximum absolute atomic E-state index is 11.2. The van der Waals surface area contributed by atoms with Gasteiger partial charge in [-0.25, -0.2) is 4.79 Å². The van der Waals surface area contributed by atoms with Crippen molar-refractivity contribution in [2.24, 2.45) is 0 Å². The van der Waals surface area contributed by atoms with E-state index in [0.717, 1.165) is 6.42 Å². The van der Waals surface area contributed by atoms with E-state index in [-0.39, 0.29) is 10.8 Å². The van der Waals surface area contributed by atoms with Crippen molar-refractivity contribution in [2.45, 2.75) is 18.6 Å². The average molecular weight is 290 g/mol. The first kappa shape index (κ1) is 15.0. The van der Waals surface area contributed by atoms with Crippen LogP contribution in [-0.2, 0) is 10.8 Å². The largest absolute Gasteiger partial charge is 0.478 e. The number of anilines is 1. The number of carbonyl (C=O) groups is 1. The zero-order chi connectivity index (χ0) is 13.7. The molecule has 4 nitrogen and oxygen atoms in total. The molecular weight excluding hydrogens is 274 g/mol. The smallest absolute Gasteiger partial charge is 0.335 e. The second-order valence-corrected chi connectivity index (χ2v) is 6.23. The maximum Gasteiger partial charge on any atom is 0.335 e. The van der Waals surface area contributed by atoms with Crippen LogP contribution in [0.5, 0.6) is 0 Å². The van der Waals surface area contributed by atoms with Gasteiger partial charge in [0, 0.05) is 28.9 Å². The molecule has 2 atom stereocenters. The summed E-state index contributed by atoms with van der Waals surface area (Å²) in [4.78, 5) is 10.7. The quantitative estimate of drug-likeness (QED) is 0.845. The van der Waals surface area contributed by atoms with Gasteiger partial charge in [0.05, 0.1) is 16.3 Å². The van der Waals surface area contributed by atoms with Gasteiger partial charge in [0.2, 0.25) is 0 Å². The number of nitrogens with one attached hydrogen (secondary N) is 1. The fourth-order valence-corrected chi connectivity index (χ4v) is 2.06. The number of carboxylic acids is 1. The summed E-state index contributed by atoms with van der Waals surface area (Å²) >= 11 is 5.97. The highest BCUT2D eigenvalue weighted by Gasteiger charge is 2.08. The average Bonchev–Trinajstić information content (AvgIpc) is 2.30. The molecule has 0 aromatic heterocycles. The van der Waals surface area contributed by atoms with Crippen molar-refractivity contribution < 1.29 is 14.1 Å². The Bertz CT molecular complexity index is 465. The highest BCUT2D eigenvalue weighted by molar-refractivity contribution is 7.84. The Kier molecular flexibility index (Phi) is 5.62. The molecular formula is C12H16ClNO3S. The van der Waals surface area contributed by atoms with Crippen molar-refractivity contribution in [3.8, 4) is 0 Å². The number of rotatable bonds is 6. The molecule has 0 radical (unpaired) electrons. The lowest BCUT2D eigenvalue weighted by atomic mass is 10.2. The van der Waals surface area contributed by atoms with Gasteiger partial charge in [-0.3, -0.25) is 4.21 Å². The summed E-state index contributed by atoms with van der Waals surface area (Å²) in [6.07, 6.45) is 2.44. The van der Waals surface area contributed by atoms with Crippen molar-refractivity contribution in [1.29, 1.82) is 0 Å². The van der Waals surface area contributed by atoms with Gasteiger partial charge in [-0.05, 0) is 24.6 Å². The van der Waals surface area contributed by atoms with E-state index in [9.17, 15) is 9.00 Å². The van der Waals surface area contributed by atoms with E-state index in [0.29, 0.717) is 17.3 Å². The minimum absolute atomic E-state index is 0.120. The minimum Gasteiger partial charge on any atom is -0.478 e. The van der Waals surface area contributed by atoms with Crippen LogP contribution in [0.2, 0.25) is 5.02 Å². The maximum atomic E-state index is 11.2. The summed E-state index contributed by atoms with van der Waals surface area (Å²) in [5, 5.41) is 12.4. The van der Waals surface area contributed by atoms with E-state index in [1.165, 1.54) is 12.1 Å². The molecule has 0 saturated carbocycles. The Labute approximate surface area is 114 Å². The van der Waals surface area contributed by atoms with Gasteiger partial charge in [0.15, 0.2) is 0 Å². The fraction of sp³-hybridized carbons (Fsp3) is 0.417. The first-order chi connectivity index (χ1) is 8.41. The normalized spacial score (nSPS) is 13.9. The highest BCUT2D eigenvalue weighted by Crippen LogP contribution is 2.23. The molecule has 2 unspecified atom stereocenters. The van der Waals surface area contributed by atoms with E-state index in [2.05, 4.69) is 5.32 Å². The van der Waals surface area contributed by atoms with Gasteiger partial charge in [0.25, 0.3) is 0 Å². The van der Waals surface area contributed by atoms with Crippen LogP contribution in [0.4, 0.5) is 5.69 Å². The fourth-order valence-electron chi connectivity index (χ4n) is 1.37. The zero-order valence-corrected chi connectivity index (χ0v) is 11.8.